The SMILES string of the molecule is O=C1NC(=O)C(c2ccc(-c3ccccc3)cc2)=C1O. The Balaban J connectivity index is 1.99. The fourth-order valence-corrected chi connectivity index (χ4v) is 2.17. The van der Waals surface area contributed by atoms with Crippen LogP contribution in [-0.4, -0.2) is 16.9 Å². The zero-order chi connectivity index (χ0) is 14.1. The first-order valence-corrected chi connectivity index (χ1v) is 6.11. The van der Waals surface area contributed by atoms with Crippen LogP contribution in [0.3, 0.4) is 0 Å². The van der Waals surface area contributed by atoms with Crippen molar-refractivity contribution >= 4 is 17.4 Å². The molecule has 2 amide bonds. The van der Waals surface area contributed by atoms with Gasteiger partial charge in [-0.25, -0.2) is 0 Å². The molecule has 0 bridgehead atoms. The Hall–Kier alpha value is -2.88. The van der Waals surface area contributed by atoms with Gasteiger partial charge in [-0.3, -0.25) is 14.9 Å². The number of carbonyl (C=O) groups is 2. The van der Waals surface area contributed by atoms with Gasteiger partial charge in [-0.2, -0.15) is 0 Å². The number of benzene rings is 2. The molecule has 0 unspecified atom stereocenters. The van der Waals surface area contributed by atoms with Crippen LogP contribution in [-0.2, 0) is 9.59 Å². The Kier molecular flexibility index (Phi) is 2.84. The molecule has 0 fully saturated rings. The quantitative estimate of drug-likeness (QED) is 0.819. The second-order valence-electron chi connectivity index (χ2n) is 4.45. The summed E-state index contributed by atoms with van der Waals surface area (Å²) in [6.45, 7) is 0. The maximum Gasteiger partial charge on any atom is 0.293 e. The van der Waals surface area contributed by atoms with E-state index in [0.717, 1.165) is 11.1 Å². The Morgan fingerprint density at radius 3 is 1.80 bits per heavy atom. The van der Waals surface area contributed by atoms with Crippen molar-refractivity contribution in [2.75, 3.05) is 0 Å². The van der Waals surface area contributed by atoms with Gasteiger partial charge in [0.1, 0.15) is 0 Å². The first-order valence-electron chi connectivity index (χ1n) is 6.11. The second kappa shape index (κ2) is 4.66. The van der Waals surface area contributed by atoms with Gasteiger partial charge in [-0.1, -0.05) is 54.6 Å². The van der Waals surface area contributed by atoms with Crippen molar-refractivity contribution in [3.8, 4) is 11.1 Å². The van der Waals surface area contributed by atoms with E-state index >= 15 is 0 Å². The van der Waals surface area contributed by atoms with Crippen molar-refractivity contribution in [2.24, 2.45) is 0 Å². The Morgan fingerprint density at radius 1 is 0.700 bits per heavy atom. The van der Waals surface area contributed by atoms with E-state index in [0.29, 0.717) is 5.56 Å². The fraction of sp³-hybridized carbons (Fsp3) is 0. The number of amides is 2. The van der Waals surface area contributed by atoms with Gasteiger partial charge >= 0.3 is 0 Å². The molecule has 0 saturated carbocycles. The number of rotatable bonds is 2. The summed E-state index contributed by atoms with van der Waals surface area (Å²) in [5.41, 5.74) is 2.60. The lowest BCUT2D eigenvalue weighted by molar-refractivity contribution is -0.124. The van der Waals surface area contributed by atoms with E-state index in [-0.39, 0.29) is 5.57 Å². The molecule has 2 aromatic carbocycles. The number of nitrogens with one attached hydrogen (secondary N) is 1. The van der Waals surface area contributed by atoms with E-state index in [4.69, 9.17) is 0 Å². The summed E-state index contributed by atoms with van der Waals surface area (Å²) in [6, 6.07) is 16.9. The van der Waals surface area contributed by atoms with Crippen molar-refractivity contribution in [2.45, 2.75) is 0 Å². The third-order valence-corrected chi connectivity index (χ3v) is 3.19. The molecule has 0 aliphatic carbocycles. The van der Waals surface area contributed by atoms with E-state index in [2.05, 4.69) is 5.32 Å². The normalized spacial score (nSPS) is 14.6. The predicted molar refractivity (Wildman–Crippen MR) is 74.6 cm³/mol. The monoisotopic (exact) mass is 265 g/mol. The van der Waals surface area contributed by atoms with Crippen LogP contribution < -0.4 is 5.32 Å². The van der Waals surface area contributed by atoms with Crippen molar-refractivity contribution in [1.29, 1.82) is 0 Å². The molecule has 0 spiro atoms. The summed E-state index contributed by atoms with van der Waals surface area (Å²) in [5, 5.41) is 11.7. The molecule has 3 rings (SSSR count). The van der Waals surface area contributed by atoms with E-state index < -0.39 is 17.6 Å². The zero-order valence-corrected chi connectivity index (χ0v) is 10.5. The summed E-state index contributed by atoms with van der Waals surface area (Å²) in [5.74, 6) is -1.85. The molecule has 2 N–H and O–H groups in total. The minimum atomic E-state index is -0.753. The van der Waals surface area contributed by atoms with Crippen LogP contribution in [0.2, 0.25) is 0 Å². The topological polar surface area (TPSA) is 66.4 Å². The van der Waals surface area contributed by atoms with Crippen molar-refractivity contribution < 1.29 is 14.7 Å². The van der Waals surface area contributed by atoms with Gasteiger partial charge in [0.05, 0.1) is 5.57 Å². The van der Waals surface area contributed by atoms with Crippen LogP contribution >= 0.6 is 0 Å². The van der Waals surface area contributed by atoms with Gasteiger partial charge in [-0.05, 0) is 16.7 Å². The standard InChI is InChI=1S/C16H11NO3/c18-14-13(15(19)17-16(14)20)12-8-6-11(7-9-12)10-4-2-1-3-5-10/h1-9H,(H2,17,18,19,20). The summed E-state index contributed by atoms with van der Waals surface area (Å²) < 4.78 is 0. The van der Waals surface area contributed by atoms with Crippen LogP contribution in [0.15, 0.2) is 60.4 Å². The Morgan fingerprint density at radius 2 is 1.25 bits per heavy atom. The predicted octanol–water partition coefficient (Wildman–Crippen LogP) is 2.28. The second-order valence-corrected chi connectivity index (χ2v) is 4.45. The molecular formula is C16H11NO3. The number of aliphatic hydroxyl groups excluding tert-OH is 1. The first kappa shape index (κ1) is 12.2. The Labute approximate surface area is 115 Å². The largest absolute Gasteiger partial charge is 0.502 e. The number of hydrogen-bond acceptors (Lipinski definition) is 3. The summed E-state index contributed by atoms with van der Waals surface area (Å²) in [7, 11) is 0. The number of hydrogen-bond donors (Lipinski definition) is 2. The van der Waals surface area contributed by atoms with E-state index in [1.807, 2.05) is 42.5 Å². The van der Waals surface area contributed by atoms with Gasteiger partial charge in [0.2, 0.25) is 0 Å². The van der Waals surface area contributed by atoms with Crippen molar-refractivity contribution in [3.05, 3.63) is 65.9 Å². The maximum atomic E-state index is 11.6. The number of carbonyl (C=O) groups excluding carboxylic acids is 2. The van der Waals surface area contributed by atoms with Gasteiger partial charge < -0.3 is 5.11 Å². The molecule has 1 heterocycles. The van der Waals surface area contributed by atoms with E-state index in [1.165, 1.54) is 0 Å². The smallest absolute Gasteiger partial charge is 0.293 e. The average molecular weight is 265 g/mol. The minimum Gasteiger partial charge on any atom is -0.502 e. The van der Waals surface area contributed by atoms with Gasteiger partial charge in [-0.15, -0.1) is 0 Å². The fourth-order valence-electron chi connectivity index (χ4n) is 2.17. The highest BCUT2D eigenvalue weighted by atomic mass is 16.3. The minimum absolute atomic E-state index is 0.0228. The lowest BCUT2D eigenvalue weighted by atomic mass is 10.00. The van der Waals surface area contributed by atoms with E-state index in [9.17, 15) is 14.7 Å². The van der Waals surface area contributed by atoms with Crippen molar-refractivity contribution in [3.63, 3.8) is 0 Å². The molecule has 0 aromatic heterocycles. The molecule has 20 heavy (non-hydrogen) atoms. The van der Waals surface area contributed by atoms with Crippen LogP contribution in [0.5, 0.6) is 0 Å². The third kappa shape index (κ3) is 1.97. The van der Waals surface area contributed by atoms with Crippen LogP contribution in [0.25, 0.3) is 16.7 Å². The highest BCUT2D eigenvalue weighted by Crippen LogP contribution is 2.25. The van der Waals surface area contributed by atoms with Crippen LogP contribution in [0.1, 0.15) is 5.56 Å². The van der Waals surface area contributed by atoms with Crippen LogP contribution in [0, 0.1) is 0 Å². The van der Waals surface area contributed by atoms with Crippen LogP contribution in [0.4, 0.5) is 0 Å². The highest BCUT2D eigenvalue weighted by molar-refractivity contribution is 6.35. The maximum absolute atomic E-state index is 11.6. The number of imide groups is 1. The molecule has 2 aromatic rings. The van der Waals surface area contributed by atoms with Gasteiger partial charge in [0.15, 0.2) is 5.76 Å². The molecule has 1 aliphatic heterocycles. The summed E-state index contributed by atoms with van der Waals surface area (Å²) >= 11 is 0. The lowest BCUT2D eigenvalue weighted by Gasteiger charge is -2.04. The molecule has 0 saturated heterocycles. The molecule has 98 valence electrons. The molecule has 1 aliphatic rings. The summed E-state index contributed by atoms with van der Waals surface area (Å²) in [4.78, 5) is 22.8. The highest BCUT2D eigenvalue weighted by Gasteiger charge is 2.30. The molecule has 4 heteroatoms. The average Bonchev–Trinajstić information content (AvgIpc) is 2.73. The molecular weight excluding hydrogens is 254 g/mol. The molecule has 0 atom stereocenters. The third-order valence-electron chi connectivity index (χ3n) is 3.19. The van der Waals surface area contributed by atoms with Gasteiger partial charge in [0, 0.05) is 0 Å². The molecule has 0 radical (unpaired) electrons. The number of aliphatic hydroxyl groups is 1. The zero-order valence-electron chi connectivity index (χ0n) is 10.5. The summed E-state index contributed by atoms with van der Waals surface area (Å²) in [6.07, 6.45) is 0. The Bertz CT molecular complexity index is 715. The molecule has 4 nitrogen and oxygen atoms in total. The van der Waals surface area contributed by atoms with E-state index in [1.54, 1.807) is 12.1 Å². The first-order chi connectivity index (χ1) is 9.66. The lowest BCUT2D eigenvalue weighted by Crippen LogP contribution is -2.22. The van der Waals surface area contributed by atoms with Gasteiger partial charge in [0.25, 0.3) is 11.8 Å². The van der Waals surface area contributed by atoms with Crippen molar-refractivity contribution in [1.82, 2.24) is 5.32 Å².